The number of H-pyrrole nitrogens is 1. The summed E-state index contributed by atoms with van der Waals surface area (Å²) in [5.41, 5.74) is 1.26. The van der Waals surface area contributed by atoms with Crippen LogP contribution in [-0.2, 0) is 12.6 Å². The van der Waals surface area contributed by atoms with Gasteiger partial charge in [-0.05, 0) is 35.5 Å². The van der Waals surface area contributed by atoms with E-state index in [1.165, 1.54) is 0 Å². The molecular weight excluding hydrogens is 487 g/mol. The van der Waals surface area contributed by atoms with E-state index in [0.717, 1.165) is 33.9 Å². The zero-order chi connectivity index (χ0) is 23.9. The maximum Gasteiger partial charge on any atom is 0.435 e. The van der Waals surface area contributed by atoms with E-state index in [-0.39, 0.29) is 9.50 Å². The SMILES string of the molecule is O=C(O)c1sc(Sc2nnc(Cc3c[nH]c4ccccc34)n2-c2ccccc2)nc1C(F)(F)F. The third-order valence-corrected chi connectivity index (χ3v) is 7.04. The van der Waals surface area contributed by atoms with Crippen molar-refractivity contribution in [1.82, 2.24) is 24.7 Å². The predicted molar refractivity (Wildman–Crippen MR) is 121 cm³/mol. The van der Waals surface area contributed by atoms with Crippen LogP contribution in [0.25, 0.3) is 16.6 Å². The first-order chi connectivity index (χ1) is 16.3. The van der Waals surface area contributed by atoms with E-state index in [1.54, 1.807) is 4.57 Å². The second kappa shape index (κ2) is 8.61. The minimum Gasteiger partial charge on any atom is -0.477 e. The number of nitrogens with one attached hydrogen (secondary N) is 1. The van der Waals surface area contributed by atoms with E-state index >= 15 is 0 Å². The first-order valence-electron chi connectivity index (χ1n) is 9.85. The first kappa shape index (κ1) is 22.2. The van der Waals surface area contributed by atoms with E-state index in [1.807, 2.05) is 60.8 Å². The Balaban J connectivity index is 1.56. The van der Waals surface area contributed by atoms with Gasteiger partial charge >= 0.3 is 12.1 Å². The van der Waals surface area contributed by atoms with E-state index in [9.17, 15) is 23.1 Å². The number of thiazole rings is 1. The van der Waals surface area contributed by atoms with Gasteiger partial charge in [-0.25, -0.2) is 9.78 Å². The summed E-state index contributed by atoms with van der Waals surface area (Å²) in [5, 5.41) is 19.0. The highest BCUT2D eigenvalue weighted by Gasteiger charge is 2.40. The maximum absolute atomic E-state index is 13.3. The van der Waals surface area contributed by atoms with E-state index in [4.69, 9.17) is 0 Å². The third-order valence-electron chi connectivity index (χ3n) is 4.99. The van der Waals surface area contributed by atoms with Gasteiger partial charge in [0.1, 0.15) is 10.7 Å². The number of hydrogen-bond donors (Lipinski definition) is 2. The topological polar surface area (TPSA) is 96.7 Å². The minimum atomic E-state index is -4.88. The van der Waals surface area contributed by atoms with Crippen LogP contribution in [-0.4, -0.2) is 35.8 Å². The molecule has 12 heteroatoms. The van der Waals surface area contributed by atoms with Crippen molar-refractivity contribution in [1.29, 1.82) is 0 Å². The molecule has 0 amide bonds. The number of benzene rings is 2. The molecule has 0 aliphatic rings. The van der Waals surface area contributed by atoms with Crippen LogP contribution < -0.4 is 0 Å². The highest BCUT2D eigenvalue weighted by molar-refractivity contribution is 8.00. The van der Waals surface area contributed by atoms with Crippen LogP contribution in [0.3, 0.4) is 0 Å². The third kappa shape index (κ3) is 4.17. The molecule has 3 heterocycles. The van der Waals surface area contributed by atoms with Crippen LogP contribution in [0, 0.1) is 0 Å². The number of aromatic nitrogens is 5. The Morgan fingerprint density at radius 2 is 1.82 bits per heavy atom. The summed E-state index contributed by atoms with van der Waals surface area (Å²) in [5.74, 6) is -1.11. The molecule has 0 aliphatic heterocycles. The molecule has 0 saturated carbocycles. The zero-order valence-electron chi connectivity index (χ0n) is 17.1. The largest absolute Gasteiger partial charge is 0.477 e. The minimum absolute atomic E-state index is 0.0899. The fourth-order valence-electron chi connectivity index (χ4n) is 3.52. The van der Waals surface area contributed by atoms with Crippen molar-refractivity contribution < 1.29 is 23.1 Å². The van der Waals surface area contributed by atoms with E-state index in [0.29, 0.717) is 23.6 Å². The number of rotatable bonds is 6. The molecule has 7 nitrogen and oxygen atoms in total. The highest BCUT2D eigenvalue weighted by Crippen LogP contribution is 2.40. The van der Waals surface area contributed by atoms with Gasteiger partial charge in [0.05, 0.1) is 0 Å². The molecule has 0 fully saturated rings. The number of carbonyl (C=O) groups is 1. The molecular formula is C22H14F3N5O2S2. The van der Waals surface area contributed by atoms with Crippen LogP contribution in [0.1, 0.15) is 26.8 Å². The lowest BCUT2D eigenvalue weighted by Crippen LogP contribution is -2.11. The fraction of sp³-hybridized carbons (Fsp3) is 0.0909. The Bertz CT molecular complexity index is 1490. The number of alkyl halides is 3. The van der Waals surface area contributed by atoms with Crippen LogP contribution in [0.15, 0.2) is 70.3 Å². The average Bonchev–Trinajstić information content (AvgIpc) is 3.52. The number of carboxylic acids is 1. The van der Waals surface area contributed by atoms with Crippen LogP contribution >= 0.6 is 23.1 Å². The summed E-state index contributed by atoms with van der Waals surface area (Å²) in [6.07, 6.45) is -2.58. The lowest BCUT2D eigenvalue weighted by molar-refractivity contribution is -0.141. The van der Waals surface area contributed by atoms with Gasteiger partial charge in [0.2, 0.25) is 5.16 Å². The smallest absolute Gasteiger partial charge is 0.435 e. The van der Waals surface area contributed by atoms with Gasteiger partial charge in [0.15, 0.2) is 10.0 Å². The van der Waals surface area contributed by atoms with E-state index < -0.39 is 22.7 Å². The Labute approximate surface area is 198 Å². The van der Waals surface area contributed by atoms with Gasteiger partial charge in [-0.15, -0.1) is 10.2 Å². The predicted octanol–water partition coefficient (Wildman–Crippen LogP) is 5.66. The molecule has 172 valence electrons. The molecule has 2 N–H and O–H groups in total. The standard InChI is InChI=1S/C22H14F3N5O2S2/c23-22(24,25)18-17(19(31)32)33-21(27-18)34-20-29-28-16(30(20)13-6-2-1-3-7-13)10-12-11-26-15-9-5-4-8-14(12)15/h1-9,11,26H,10H2,(H,31,32). The molecule has 0 unspecified atom stereocenters. The number of carboxylic acid groups (broad SMARTS) is 1. The van der Waals surface area contributed by atoms with Gasteiger partial charge in [-0.2, -0.15) is 13.2 Å². The molecule has 3 aromatic heterocycles. The number of halogens is 3. The lowest BCUT2D eigenvalue weighted by Gasteiger charge is -2.09. The normalized spacial score (nSPS) is 11.9. The quantitative estimate of drug-likeness (QED) is 0.312. The molecule has 2 aromatic carbocycles. The lowest BCUT2D eigenvalue weighted by atomic mass is 10.1. The summed E-state index contributed by atoms with van der Waals surface area (Å²) < 4.78 is 41.5. The van der Waals surface area contributed by atoms with Crippen molar-refractivity contribution in [2.45, 2.75) is 22.1 Å². The number of nitrogens with zero attached hydrogens (tertiary/aromatic N) is 4. The number of hydrogen-bond acceptors (Lipinski definition) is 6. The van der Waals surface area contributed by atoms with Crippen molar-refractivity contribution in [3.8, 4) is 5.69 Å². The number of para-hydroxylation sites is 2. The van der Waals surface area contributed by atoms with Gasteiger partial charge < -0.3 is 10.1 Å². The number of fused-ring (bicyclic) bond motifs is 1. The molecule has 0 aliphatic carbocycles. The van der Waals surface area contributed by atoms with Gasteiger partial charge in [-0.3, -0.25) is 4.57 Å². The van der Waals surface area contributed by atoms with Gasteiger partial charge in [0.25, 0.3) is 0 Å². The maximum atomic E-state index is 13.3. The summed E-state index contributed by atoms with van der Waals surface area (Å²) in [7, 11) is 0. The van der Waals surface area contributed by atoms with Crippen molar-refractivity contribution >= 4 is 40.0 Å². The van der Waals surface area contributed by atoms with Crippen LogP contribution in [0.5, 0.6) is 0 Å². The second-order valence-corrected chi connectivity index (χ2v) is 9.38. The monoisotopic (exact) mass is 501 g/mol. The summed E-state index contributed by atoms with van der Waals surface area (Å²) in [4.78, 5) is 17.2. The van der Waals surface area contributed by atoms with Crippen LogP contribution in [0.4, 0.5) is 13.2 Å². The molecule has 0 radical (unpaired) electrons. The fourth-order valence-corrected chi connectivity index (χ4v) is 5.50. The van der Waals surface area contributed by atoms with Gasteiger partial charge in [0, 0.05) is 29.2 Å². The molecule has 0 atom stereocenters. The molecule has 0 spiro atoms. The average molecular weight is 502 g/mol. The molecule has 34 heavy (non-hydrogen) atoms. The summed E-state index contributed by atoms with van der Waals surface area (Å²) in [6.45, 7) is 0. The number of aromatic carboxylic acids is 1. The van der Waals surface area contributed by atoms with Crippen LogP contribution in [0.2, 0.25) is 0 Å². The molecule has 0 saturated heterocycles. The van der Waals surface area contributed by atoms with Crippen molar-refractivity contribution in [2.24, 2.45) is 0 Å². The Morgan fingerprint density at radius 3 is 2.53 bits per heavy atom. The second-order valence-electron chi connectivity index (χ2n) is 7.17. The molecule has 5 aromatic rings. The number of aromatic amines is 1. The Kier molecular flexibility index (Phi) is 5.62. The summed E-state index contributed by atoms with van der Waals surface area (Å²) >= 11 is 1.30. The van der Waals surface area contributed by atoms with Crippen molar-refractivity contribution in [3.05, 3.63) is 82.8 Å². The van der Waals surface area contributed by atoms with E-state index in [2.05, 4.69) is 20.2 Å². The zero-order valence-corrected chi connectivity index (χ0v) is 18.7. The molecule has 0 bridgehead atoms. The Hall–Kier alpha value is -3.64. The van der Waals surface area contributed by atoms with Crippen molar-refractivity contribution in [2.75, 3.05) is 0 Å². The van der Waals surface area contributed by atoms with Crippen molar-refractivity contribution in [3.63, 3.8) is 0 Å². The highest BCUT2D eigenvalue weighted by atomic mass is 32.2. The first-order valence-corrected chi connectivity index (χ1v) is 11.5. The Morgan fingerprint density at radius 1 is 1.09 bits per heavy atom. The summed E-state index contributed by atoms with van der Waals surface area (Å²) in [6, 6.07) is 17.0. The molecule has 5 rings (SSSR count). The van der Waals surface area contributed by atoms with Gasteiger partial charge in [-0.1, -0.05) is 47.7 Å².